The fourth-order valence-corrected chi connectivity index (χ4v) is 2.58. The smallest absolute Gasteiger partial charge is 0.128 e. The fourth-order valence-electron chi connectivity index (χ4n) is 2.58. The highest BCUT2D eigenvalue weighted by Crippen LogP contribution is 2.21. The molecule has 0 saturated heterocycles. The summed E-state index contributed by atoms with van der Waals surface area (Å²) in [5, 5.41) is 0. The van der Waals surface area contributed by atoms with Crippen molar-refractivity contribution < 1.29 is 9.47 Å². The number of methoxy groups -OCH3 is 1. The molecule has 0 aliphatic heterocycles. The number of anilines is 1. The van der Waals surface area contributed by atoms with Crippen molar-refractivity contribution >= 4 is 17.6 Å². The lowest BCUT2D eigenvalue weighted by molar-refractivity contribution is 0.305. The zero-order valence-electron chi connectivity index (χ0n) is 15.9. The van der Waals surface area contributed by atoms with Gasteiger partial charge in [0.25, 0.3) is 0 Å². The second kappa shape index (κ2) is 8.90. The Morgan fingerprint density at radius 2 is 1.59 bits per heavy atom. The van der Waals surface area contributed by atoms with Crippen LogP contribution < -0.4 is 14.4 Å². The van der Waals surface area contributed by atoms with Gasteiger partial charge in [0.15, 0.2) is 0 Å². The summed E-state index contributed by atoms with van der Waals surface area (Å²) in [7, 11) is 5.71. The summed E-state index contributed by atoms with van der Waals surface area (Å²) in [5.41, 5.74) is 4.09. The maximum Gasteiger partial charge on any atom is 0.128 e. The number of rotatable bonds is 7. The molecule has 0 N–H and O–H groups in total. The molecule has 4 heteroatoms. The van der Waals surface area contributed by atoms with E-state index in [2.05, 4.69) is 22.0 Å². The Bertz CT molecular complexity index is 885. The van der Waals surface area contributed by atoms with Crippen LogP contribution in [0.5, 0.6) is 11.5 Å². The van der Waals surface area contributed by atoms with Crippen LogP contribution in [0.4, 0.5) is 11.4 Å². The molecule has 0 spiro atoms. The van der Waals surface area contributed by atoms with Crippen LogP contribution in [0.3, 0.4) is 0 Å². The van der Waals surface area contributed by atoms with E-state index < -0.39 is 0 Å². The largest absolute Gasteiger partial charge is 0.497 e. The van der Waals surface area contributed by atoms with Crippen molar-refractivity contribution in [1.82, 2.24) is 0 Å². The fraction of sp³-hybridized carbons (Fsp3) is 0.174. The van der Waals surface area contributed by atoms with Crippen LogP contribution in [0, 0.1) is 0 Å². The third-order valence-corrected chi connectivity index (χ3v) is 4.19. The number of aliphatic imine (C=N–C) groups is 1. The minimum atomic E-state index is 0.492. The first kappa shape index (κ1) is 18.5. The van der Waals surface area contributed by atoms with E-state index in [1.165, 1.54) is 0 Å². The van der Waals surface area contributed by atoms with Crippen LogP contribution in [0.2, 0.25) is 0 Å². The maximum atomic E-state index is 6.00. The van der Waals surface area contributed by atoms with Gasteiger partial charge in [-0.15, -0.1) is 0 Å². The minimum Gasteiger partial charge on any atom is -0.497 e. The van der Waals surface area contributed by atoms with Gasteiger partial charge in [-0.05, 0) is 54.1 Å². The Balaban J connectivity index is 1.69. The molecule has 0 aromatic heterocycles. The first-order valence-corrected chi connectivity index (χ1v) is 8.82. The van der Waals surface area contributed by atoms with E-state index >= 15 is 0 Å². The van der Waals surface area contributed by atoms with Crippen LogP contribution in [0.15, 0.2) is 77.8 Å². The average molecular weight is 360 g/mol. The van der Waals surface area contributed by atoms with Gasteiger partial charge in [0, 0.05) is 31.6 Å². The highest BCUT2D eigenvalue weighted by Gasteiger charge is 2.02. The lowest BCUT2D eigenvalue weighted by Crippen LogP contribution is -2.07. The molecule has 4 nitrogen and oxygen atoms in total. The molecule has 0 heterocycles. The topological polar surface area (TPSA) is 34.1 Å². The van der Waals surface area contributed by atoms with Gasteiger partial charge in [0.05, 0.1) is 12.8 Å². The highest BCUT2D eigenvalue weighted by molar-refractivity contribution is 5.85. The van der Waals surface area contributed by atoms with Crippen molar-refractivity contribution in [3.05, 3.63) is 83.9 Å². The molecule has 3 aromatic carbocycles. The number of nitrogens with zero attached hydrogens (tertiary/aromatic N) is 2. The predicted octanol–water partition coefficient (Wildman–Crippen LogP) is 5.09. The Labute approximate surface area is 160 Å². The average Bonchev–Trinajstić information content (AvgIpc) is 2.72. The van der Waals surface area contributed by atoms with Crippen molar-refractivity contribution in [3.63, 3.8) is 0 Å². The van der Waals surface area contributed by atoms with E-state index in [0.717, 1.165) is 34.0 Å². The highest BCUT2D eigenvalue weighted by atomic mass is 16.5. The van der Waals surface area contributed by atoms with Gasteiger partial charge in [0.1, 0.15) is 18.1 Å². The molecule has 0 saturated carbocycles. The zero-order chi connectivity index (χ0) is 19.1. The van der Waals surface area contributed by atoms with Gasteiger partial charge in [-0.1, -0.05) is 24.3 Å². The molecule has 0 fully saturated rings. The molecule has 3 aromatic rings. The van der Waals surface area contributed by atoms with Crippen molar-refractivity contribution in [2.45, 2.75) is 6.61 Å². The molecule has 0 aliphatic rings. The molecule has 0 atom stereocenters. The van der Waals surface area contributed by atoms with Crippen molar-refractivity contribution in [1.29, 1.82) is 0 Å². The SMILES string of the molecule is COc1ccc(COc2ccccc2C=Nc2ccc(N(C)C)cc2)cc1. The number of benzene rings is 3. The van der Waals surface area contributed by atoms with E-state index in [0.29, 0.717) is 6.61 Å². The Morgan fingerprint density at radius 1 is 0.889 bits per heavy atom. The summed E-state index contributed by atoms with van der Waals surface area (Å²) in [6.45, 7) is 0.492. The second-order valence-electron chi connectivity index (χ2n) is 6.34. The Morgan fingerprint density at radius 3 is 2.26 bits per heavy atom. The molecule has 0 bridgehead atoms. The van der Waals surface area contributed by atoms with Gasteiger partial charge < -0.3 is 14.4 Å². The molecule has 0 amide bonds. The van der Waals surface area contributed by atoms with Gasteiger partial charge in [-0.25, -0.2) is 0 Å². The van der Waals surface area contributed by atoms with Crippen LogP contribution in [-0.4, -0.2) is 27.4 Å². The van der Waals surface area contributed by atoms with Gasteiger partial charge in [-0.2, -0.15) is 0 Å². The van der Waals surface area contributed by atoms with Crippen LogP contribution >= 0.6 is 0 Å². The van der Waals surface area contributed by atoms with Crippen molar-refractivity contribution in [3.8, 4) is 11.5 Å². The summed E-state index contributed by atoms with van der Waals surface area (Å²) in [6.07, 6.45) is 1.84. The van der Waals surface area contributed by atoms with Gasteiger partial charge in [-0.3, -0.25) is 4.99 Å². The monoisotopic (exact) mass is 360 g/mol. The molecule has 0 aliphatic carbocycles. The second-order valence-corrected chi connectivity index (χ2v) is 6.34. The quantitative estimate of drug-likeness (QED) is 0.550. The summed E-state index contributed by atoms with van der Waals surface area (Å²) >= 11 is 0. The minimum absolute atomic E-state index is 0.492. The maximum absolute atomic E-state index is 6.00. The normalized spacial score (nSPS) is 10.8. The molecule has 27 heavy (non-hydrogen) atoms. The lowest BCUT2D eigenvalue weighted by Gasteiger charge is -2.11. The number of para-hydroxylation sites is 1. The van der Waals surface area contributed by atoms with Crippen molar-refractivity contribution in [2.75, 3.05) is 26.1 Å². The number of ether oxygens (including phenoxy) is 2. The predicted molar refractivity (Wildman–Crippen MR) is 112 cm³/mol. The summed E-state index contributed by atoms with van der Waals surface area (Å²) in [5.74, 6) is 1.65. The molecule has 0 radical (unpaired) electrons. The Kier molecular flexibility index (Phi) is 6.10. The summed E-state index contributed by atoms with van der Waals surface area (Å²) in [6, 6.07) is 23.9. The molecule has 3 rings (SSSR count). The first-order chi connectivity index (χ1) is 13.2. The van der Waals surface area contributed by atoms with Crippen LogP contribution in [0.1, 0.15) is 11.1 Å². The lowest BCUT2D eigenvalue weighted by atomic mass is 10.2. The summed E-state index contributed by atoms with van der Waals surface area (Å²) < 4.78 is 11.2. The third-order valence-electron chi connectivity index (χ3n) is 4.19. The Hall–Kier alpha value is -3.27. The van der Waals surface area contributed by atoms with Gasteiger partial charge in [0.2, 0.25) is 0 Å². The van der Waals surface area contributed by atoms with E-state index in [9.17, 15) is 0 Å². The standard InChI is InChI=1S/C23H24N2O2/c1-25(2)21-12-10-20(11-13-21)24-16-19-6-4-5-7-23(19)27-17-18-8-14-22(26-3)15-9-18/h4-16H,17H2,1-3H3. The summed E-state index contributed by atoms with van der Waals surface area (Å²) in [4.78, 5) is 6.64. The van der Waals surface area contributed by atoms with Crippen LogP contribution in [-0.2, 0) is 6.61 Å². The molecular weight excluding hydrogens is 336 g/mol. The van der Waals surface area contributed by atoms with Gasteiger partial charge >= 0.3 is 0 Å². The van der Waals surface area contributed by atoms with E-state index in [4.69, 9.17) is 9.47 Å². The van der Waals surface area contributed by atoms with E-state index in [-0.39, 0.29) is 0 Å². The number of hydrogen-bond acceptors (Lipinski definition) is 4. The van der Waals surface area contributed by atoms with Crippen LogP contribution in [0.25, 0.3) is 0 Å². The zero-order valence-corrected chi connectivity index (χ0v) is 15.9. The molecular formula is C23H24N2O2. The first-order valence-electron chi connectivity index (χ1n) is 8.82. The van der Waals surface area contributed by atoms with Crippen molar-refractivity contribution in [2.24, 2.45) is 4.99 Å². The molecule has 0 unspecified atom stereocenters. The van der Waals surface area contributed by atoms with E-state index in [1.54, 1.807) is 7.11 Å². The van der Waals surface area contributed by atoms with E-state index in [1.807, 2.05) is 81.0 Å². The number of hydrogen-bond donors (Lipinski definition) is 0. The third kappa shape index (κ3) is 5.11. The molecule has 138 valence electrons.